The number of hydrogen-bond donors (Lipinski definition) is 2. The zero-order valence-corrected chi connectivity index (χ0v) is 11.1. The average molecular weight is 253 g/mol. The Bertz CT molecular complexity index is 526. The summed E-state index contributed by atoms with van der Waals surface area (Å²) in [6.07, 6.45) is 5.35. The maximum atomic E-state index is 9.27. The van der Waals surface area contributed by atoms with Gasteiger partial charge < -0.3 is 10.4 Å². The highest BCUT2D eigenvalue weighted by Crippen LogP contribution is 2.22. The van der Waals surface area contributed by atoms with E-state index in [9.17, 15) is 5.11 Å². The number of hydrogen-bond acceptors (Lipinski definition) is 2. The molecule has 19 heavy (non-hydrogen) atoms. The van der Waals surface area contributed by atoms with Crippen molar-refractivity contribution in [2.24, 2.45) is 0 Å². The van der Waals surface area contributed by atoms with Crippen LogP contribution in [-0.4, -0.2) is 18.7 Å². The summed E-state index contributed by atoms with van der Waals surface area (Å²) >= 11 is 0. The van der Waals surface area contributed by atoms with Gasteiger partial charge in [-0.2, -0.15) is 0 Å². The molecule has 0 fully saturated rings. The van der Waals surface area contributed by atoms with E-state index < -0.39 is 0 Å². The lowest BCUT2D eigenvalue weighted by Gasteiger charge is -2.02. The summed E-state index contributed by atoms with van der Waals surface area (Å²) in [6.45, 7) is 1.00. The van der Waals surface area contributed by atoms with E-state index >= 15 is 0 Å². The van der Waals surface area contributed by atoms with Crippen LogP contribution in [0.15, 0.2) is 54.6 Å². The molecule has 0 spiro atoms. The normalized spacial score (nSPS) is 11.0. The minimum absolute atomic E-state index is 0.299. The number of aromatic hydroxyl groups is 1. The largest absolute Gasteiger partial charge is 0.508 e. The van der Waals surface area contributed by atoms with Crippen LogP contribution in [-0.2, 0) is 0 Å². The minimum atomic E-state index is 0.299. The molecule has 2 aromatic carbocycles. The SMILES string of the molecule is CNCCC=Cc1ccc(-c2ccc(O)cc2)cc1. The van der Waals surface area contributed by atoms with Crippen LogP contribution in [0.2, 0.25) is 0 Å². The molecule has 0 radical (unpaired) electrons. The summed E-state index contributed by atoms with van der Waals surface area (Å²) in [6, 6.07) is 15.7. The van der Waals surface area contributed by atoms with Gasteiger partial charge in [-0.15, -0.1) is 0 Å². The molecule has 0 bridgehead atoms. The Labute approximate surface area is 114 Å². The van der Waals surface area contributed by atoms with Crippen LogP contribution in [0, 0.1) is 0 Å². The van der Waals surface area contributed by atoms with Crippen LogP contribution in [0.25, 0.3) is 17.2 Å². The van der Waals surface area contributed by atoms with E-state index in [2.05, 4.69) is 41.7 Å². The Morgan fingerprint density at radius 2 is 1.53 bits per heavy atom. The van der Waals surface area contributed by atoms with Crippen molar-refractivity contribution in [3.63, 3.8) is 0 Å². The number of rotatable bonds is 5. The minimum Gasteiger partial charge on any atom is -0.508 e. The van der Waals surface area contributed by atoms with Crippen LogP contribution < -0.4 is 5.32 Å². The lowest BCUT2D eigenvalue weighted by molar-refractivity contribution is 0.475. The third kappa shape index (κ3) is 3.97. The summed E-state index contributed by atoms with van der Waals surface area (Å²) in [5.41, 5.74) is 3.48. The second kappa shape index (κ2) is 6.76. The lowest BCUT2D eigenvalue weighted by atomic mass is 10.0. The standard InChI is InChI=1S/C17H19NO/c1-18-13-3-2-4-14-5-7-15(8-6-14)16-9-11-17(19)12-10-16/h2,4-12,18-19H,3,13H2,1H3. The van der Waals surface area contributed by atoms with Crippen LogP contribution in [0.4, 0.5) is 0 Å². The van der Waals surface area contributed by atoms with E-state index in [1.54, 1.807) is 12.1 Å². The van der Waals surface area contributed by atoms with E-state index in [4.69, 9.17) is 0 Å². The van der Waals surface area contributed by atoms with Gasteiger partial charge in [-0.25, -0.2) is 0 Å². The van der Waals surface area contributed by atoms with E-state index in [1.807, 2.05) is 19.2 Å². The van der Waals surface area contributed by atoms with Crippen molar-refractivity contribution in [1.29, 1.82) is 0 Å². The van der Waals surface area contributed by atoms with Gasteiger partial charge in [-0.05, 0) is 48.8 Å². The first-order valence-electron chi connectivity index (χ1n) is 6.50. The predicted octanol–water partition coefficient (Wildman–Crippen LogP) is 3.68. The van der Waals surface area contributed by atoms with E-state index in [1.165, 1.54) is 5.56 Å². The molecule has 2 heteroatoms. The highest BCUT2D eigenvalue weighted by molar-refractivity contribution is 5.66. The maximum absolute atomic E-state index is 9.27. The van der Waals surface area contributed by atoms with E-state index in [0.29, 0.717) is 5.75 Å². The summed E-state index contributed by atoms with van der Waals surface area (Å²) in [4.78, 5) is 0. The van der Waals surface area contributed by atoms with Crippen LogP contribution in [0.3, 0.4) is 0 Å². The summed E-state index contributed by atoms with van der Waals surface area (Å²) in [5.74, 6) is 0.299. The van der Waals surface area contributed by atoms with Crippen molar-refractivity contribution in [3.8, 4) is 16.9 Å². The average Bonchev–Trinajstić information content (AvgIpc) is 2.45. The quantitative estimate of drug-likeness (QED) is 0.797. The molecule has 2 aromatic rings. The second-order valence-corrected chi connectivity index (χ2v) is 4.46. The Morgan fingerprint density at radius 3 is 2.11 bits per heavy atom. The Kier molecular flexibility index (Phi) is 4.76. The van der Waals surface area contributed by atoms with Crippen molar-refractivity contribution >= 4 is 6.08 Å². The predicted molar refractivity (Wildman–Crippen MR) is 81.1 cm³/mol. The molecule has 0 heterocycles. The highest BCUT2D eigenvalue weighted by atomic mass is 16.3. The summed E-state index contributed by atoms with van der Waals surface area (Å²) in [5, 5.41) is 12.4. The molecule has 2 nitrogen and oxygen atoms in total. The van der Waals surface area contributed by atoms with Gasteiger partial charge in [-0.1, -0.05) is 48.6 Å². The molecule has 0 aliphatic carbocycles. The van der Waals surface area contributed by atoms with Gasteiger partial charge in [0, 0.05) is 0 Å². The first-order chi connectivity index (χ1) is 9.29. The third-order valence-corrected chi connectivity index (χ3v) is 2.98. The van der Waals surface area contributed by atoms with Gasteiger partial charge in [0.2, 0.25) is 0 Å². The Hall–Kier alpha value is -2.06. The fraction of sp³-hybridized carbons (Fsp3) is 0.176. The molecule has 0 saturated carbocycles. The van der Waals surface area contributed by atoms with Gasteiger partial charge in [0.25, 0.3) is 0 Å². The molecule has 0 aliphatic rings. The lowest BCUT2D eigenvalue weighted by Crippen LogP contribution is -2.05. The number of phenols is 1. The van der Waals surface area contributed by atoms with Gasteiger partial charge in [-0.3, -0.25) is 0 Å². The zero-order chi connectivity index (χ0) is 13.5. The van der Waals surface area contributed by atoms with Crippen molar-refractivity contribution in [2.75, 3.05) is 13.6 Å². The third-order valence-electron chi connectivity index (χ3n) is 2.98. The molecule has 98 valence electrons. The Morgan fingerprint density at radius 1 is 0.947 bits per heavy atom. The highest BCUT2D eigenvalue weighted by Gasteiger charge is 1.97. The van der Waals surface area contributed by atoms with Gasteiger partial charge in [0.05, 0.1) is 0 Å². The van der Waals surface area contributed by atoms with Crippen molar-refractivity contribution < 1.29 is 5.11 Å². The molecule has 0 aliphatic heterocycles. The fourth-order valence-electron chi connectivity index (χ4n) is 1.89. The molecule has 2 N–H and O–H groups in total. The smallest absolute Gasteiger partial charge is 0.115 e. The van der Waals surface area contributed by atoms with Crippen LogP contribution in [0.1, 0.15) is 12.0 Å². The van der Waals surface area contributed by atoms with E-state index in [-0.39, 0.29) is 0 Å². The monoisotopic (exact) mass is 253 g/mol. The van der Waals surface area contributed by atoms with Crippen LogP contribution >= 0.6 is 0 Å². The molecule has 0 unspecified atom stereocenters. The number of nitrogens with one attached hydrogen (secondary N) is 1. The van der Waals surface area contributed by atoms with Crippen LogP contribution in [0.5, 0.6) is 5.75 Å². The zero-order valence-electron chi connectivity index (χ0n) is 11.1. The Balaban J connectivity index is 2.06. The van der Waals surface area contributed by atoms with Crippen molar-refractivity contribution in [1.82, 2.24) is 5.32 Å². The van der Waals surface area contributed by atoms with Crippen molar-refractivity contribution in [2.45, 2.75) is 6.42 Å². The summed E-state index contributed by atoms with van der Waals surface area (Å²) in [7, 11) is 1.96. The molecule has 0 saturated heterocycles. The molecule has 0 atom stereocenters. The first-order valence-corrected chi connectivity index (χ1v) is 6.50. The molecule has 0 amide bonds. The number of phenolic OH excluding ortho intramolecular Hbond substituents is 1. The first kappa shape index (κ1) is 13.4. The molecular formula is C17H19NO. The molecular weight excluding hydrogens is 234 g/mol. The topological polar surface area (TPSA) is 32.3 Å². The van der Waals surface area contributed by atoms with Gasteiger partial charge in [0.15, 0.2) is 0 Å². The van der Waals surface area contributed by atoms with Crippen molar-refractivity contribution in [3.05, 3.63) is 60.2 Å². The van der Waals surface area contributed by atoms with Gasteiger partial charge in [0.1, 0.15) is 5.75 Å². The molecule has 0 aromatic heterocycles. The second-order valence-electron chi connectivity index (χ2n) is 4.46. The number of benzene rings is 2. The fourth-order valence-corrected chi connectivity index (χ4v) is 1.89. The summed E-state index contributed by atoms with van der Waals surface area (Å²) < 4.78 is 0. The molecule has 2 rings (SSSR count). The maximum Gasteiger partial charge on any atom is 0.115 e. The van der Waals surface area contributed by atoms with E-state index in [0.717, 1.165) is 24.1 Å². The van der Waals surface area contributed by atoms with Gasteiger partial charge >= 0.3 is 0 Å².